The predicted octanol–water partition coefficient (Wildman–Crippen LogP) is 4.01. The molecule has 2 aliphatic rings. The Labute approximate surface area is 156 Å². The summed E-state index contributed by atoms with van der Waals surface area (Å²) in [5, 5.41) is 0. The van der Waals surface area contributed by atoms with Crippen LogP contribution in [-0.4, -0.2) is 48.9 Å². The molecule has 1 aliphatic heterocycles. The summed E-state index contributed by atoms with van der Waals surface area (Å²) in [5.74, 6) is 0.0539. The average Bonchev–Trinajstić information content (AvgIpc) is 3.21. The van der Waals surface area contributed by atoms with Gasteiger partial charge in [-0.25, -0.2) is 0 Å². The maximum absolute atomic E-state index is 12.2. The molecule has 1 fully saturated rings. The van der Waals surface area contributed by atoms with Gasteiger partial charge in [-0.05, 0) is 79.6 Å². The fourth-order valence-corrected chi connectivity index (χ4v) is 4.42. The second kappa shape index (κ2) is 7.24. The Morgan fingerprint density at radius 2 is 1.77 bits per heavy atom. The Morgan fingerprint density at radius 3 is 2.54 bits per heavy atom. The lowest BCUT2D eigenvalue weighted by Crippen LogP contribution is -2.37. The minimum atomic E-state index is 0.0539. The minimum Gasteiger partial charge on any atom is -0.345 e. The van der Waals surface area contributed by atoms with Crippen molar-refractivity contribution in [2.45, 2.75) is 38.1 Å². The molecular weight excluding hydrogens is 320 g/mol. The van der Waals surface area contributed by atoms with Gasteiger partial charge in [0.05, 0.1) is 0 Å². The van der Waals surface area contributed by atoms with Crippen molar-refractivity contribution in [3.05, 3.63) is 59.2 Å². The Morgan fingerprint density at radius 1 is 1.00 bits per heavy atom. The summed E-state index contributed by atoms with van der Waals surface area (Å²) in [4.78, 5) is 16.6. The number of carbonyl (C=O) groups is 1. The van der Waals surface area contributed by atoms with Gasteiger partial charge in [0, 0.05) is 25.7 Å². The van der Waals surface area contributed by atoms with Gasteiger partial charge in [-0.1, -0.05) is 30.3 Å². The zero-order chi connectivity index (χ0) is 18.1. The highest BCUT2D eigenvalue weighted by molar-refractivity contribution is 5.95. The summed E-state index contributed by atoms with van der Waals surface area (Å²) < 4.78 is 0. The van der Waals surface area contributed by atoms with Gasteiger partial charge >= 0.3 is 0 Å². The average molecular weight is 348 g/mol. The summed E-state index contributed by atoms with van der Waals surface area (Å²) in [6, 6.07) is 15.6. The third-order valence-corrected chi connectivity index (χ3v) is 5.91. The van der Waals surface area contributed by atoms with E-state index >= 15 is 0 Å². The summed E-state index contributed by atoms with van der Waals surface area (Å²) in [6.07, 6.45) is 6.36. The molecule has 1 atom stereocenters. The number of fused-ring (bicyclic) bond motifs is 1. The lowest BCUT2D eigenvalue weighted by atomic mass is 9.85. The molecule has 0 spiro atoms. The van der Waals surface area contributed by atoms with E-state index in [1.54, 1.807) is 19.0 Å². The zero-order valence-electron chi connectivity index (χ0n) is 15.9. The fraction of sp³-hybridized carbons (Fsp3) is 0.435. The number of amides is 1. The van der Waals surface area contributed by atoms with Gasteiger partial charge in [0.15, 0.2) is 0 Å². The van der Waals surface area contributed by atoms with E-state index in [0.717, 1.165) is 17.2 Å². The number of carbonyl (C=O) groups excluding carboxylic acids is 1. The van der Waals surface area contributed by atoms with Gasteiger partial charge in [-0.15, -0.1) is 0 Å². The standard InChI is InChI=1S/C23H28N2O/c1-24(2)23(26)21-7-5-6-17(15-21)18-8-9-20-16-22(11-10-19(20)14-18)25-12-3-4-13-25/h5-9,14-15,22H,3-4,10-13,16H2,1-2H3. The number of likely N-dealkylation sites (tertiary alicyclic amines) is 1. The predicted molar refractivity (Wildman–Crippen MR) is 107 cm³/mol. The van der Waals surface area contributed by atoms with Crippen LogP contribution in [-0.2, 0) is 12.8 Å². The van der Waals surface area contributed by atoms with Crippen LogP contribution in [0.25, 0.3) is 11.1 Å². The first kappa shape index (κ1) is 17.3. The number of hydrogen-bond acceptors (Lipinski definition) is 2. The molecule has 1 heterocycles. The van der Waals surface area contributed by atoms with Crippen LogP contribution in [0, 0.1) is 0 Å². The van der Waals surface area contributed by atoms with Crippen molar-refractivity contribution in [1.29, 1.82) is 0 Å². The number of hydrogen-bond donors (Lipinski definition) is 0. The highest BCUT2D eigenvalue weighted by atomic mass is 16.2. The van der Waals surface area contributed by atoms with Crippen LogP contribution in [0.2, 0.25) is 0 Å². The van der Waals surface area contributed by atoms with E-state index in [0.29, 0.717) is 0 Å². The van der Waals surface area contributed by atoms with Crippen LogP contribution in [0.1, 0.15) is 40.7 Å². The molecule has 136 valence electrons. The van der Waals surface area contributed by atoms with E-state index in [-0.39, 0.29) is 5.91 Å². The number of benzene rings is 2. The summed E-state index contributed by atoms with van der Waals surface area (Å²) in [5.41, 5.74) is 6.10. The third-order valence-electron chi connectivity index (χ3n) is 5.91. The van der Waals surface area contributed by atoms with E-state index in [9.17, 15) is 4.79 Å². The maximum Gasteiger partial charge on any atom is 0.253 e. The van der Waals surface area contributed by atoms with Crippen LogP contribution in [0.5, 0.6) is 0 Å². The monoisotopic (exact) mass is 348 g/mol. The lowest BCUT2D eigenvalue weighted by Gasteiger charge is -2.32. The van der Waals surface area contributed by atoms with Crippen molar-refractivity contribution >= 4 is 5.91 Å². The van der Waals surface area contributed by atoms with Crippen molar-refractivity contribution in [3.63, 3.8) is 0 Å². The van der Waals surface area contributed by atoms with Gasteiger partial charge in [0.1, 0.15) is 0 Å². The number of rotatable bonds is 3. The number of aryl methyl sites for hydroxylation is 1. The Kier molecular flexibility index (Phi) is 4.82. The van der Waals surface area contributed by atoms with Crippen LogP contribution >= 0.6 is 0 Å². The third kappa shape index (κ3) is 3.41. The number of nitrogens with zero attached hydrogens (tertiary/aromatic N) is 2. The van der Waals surface area contributed by atoms with Crippen LogP contribution in [0.3, 0.4) is 0 Å². The van der Waals surface area contributed by atoms with E-state index < -0.39 is 0 Å². The van der Waals surface area contributed by atoms with E-state index in [2.05, 4.69) is 29.2 Å². The molecule has 1 saturated heterocycles. The molecule has 4 rings (SSSR count). The van der Waals surface area contributed by atoms with Crippen molar-refractivity contribution in [2.75, 3.05) is 27.2 Å². The zero-order valence-corrected chi connectivity index (χ0v) is 15.9. The molecule has 2 aromatic carbocycles. The molecule has 1 unspecified atom stereocenters. The van der Waals surface area contributed by atoms with Gasteiger partial charge in [0.2, 0.25) is 0 Å². The first-order chi connectivity index (χ1) is 12.6. The molecule has 0 bridgehead atoms. The SMILES string of the molecule is CN(C)C(=O)c1cccc(-c2ccc3c(c2)CCC(N2CCCC2)C3)c1. The Bertz CT molecular complexity index is 806. The molecule has 0 N–H and O–H groups in total. The van der Waals surface area contributed by atoms with Crippen molar-refractivity contribution in [1.82, 2.24) is 9.80 Å². The fourth-order valence-electron chi connectivity index (χ4n) is 4.42. The quantitative estimate of drug-likeness (QED) is 0.837. The van der Waals surface area contributed by atoms with Crippen LogP contribution in [0.15, 0.2) is 42.5 Å². The first-order valence-corrected chi connectivity index (χ1v) is 9.80. The summed E-state index contributed by atoms with van der Waals surface area (Å²) in [7, 11) is 3.59. The topological polar surface area (TPSA) is 23.6 Å². The van der Waals surface area contributed by atoms with Gasteiger partial charge in [0.25, 0.3) is 5.91 Å². The smallest absolute Gasteiger partial charge is 0.253 e. The first-order valence-electron chi connectivity index (χ1n) is 9.80. The van der Waals surface area contributed by atoms with Crippen LogP contribution in [0.4, 0.5) is 0 Å². The molecule has 3 heteroatoms. The Balaban J connectivity index is 1.57. The second-order valence-electron chi connectivity index (χ2n) is 7.90. The normalized spacial score (nSPS) is 20.0. The lowest BCUT2D eigenvalue weighted by molar-refractivity contribution is 0.0827. The Hall–Kier alpha value is -2.13. The second-order valence-corrected chi connectivity index (χ2v) is 7.90. The van der Waals surface area contributed by atoms with Crippen molar-refractivity contribution in [2.24, 2.45) is 0 Å². The summed E-state index contributed by atoms with van der Waals surface area (Å²) >= 11 is 0. The molecule has 2 aromatic rings. The molecule has 0 saturated carbocycles. The van der Waals surface area contributed by atoms with E-state index in [4.69, 9.17) is 0 Å². The molecule has 1 amide bonds. The highest BCUT2D eigenvalue weighted by Gasteiger charge is 2.26. The van der Waals surface area contributed by atoms with Gasteiger partial charge in [-0.3, -0.25) is 4.79 Å². The van der Waals surface area contributed by atoms with E-state index in [1.165, 1.54) is 61.9 Å². The van der Waals surface area contributed by atoms with Gasteiger partial charge < -0.3 is 9.80 Å². The van der Waals surface area contributed by atoms with Crippen molar-refractivity contribution < 1.29 is 4.79 Å². The summed E-state index contributed by atoms with van der Waals surface area (Å²) in [6.45, 7) is 2.57. The van der Waals surface area contributed by atoms with E-state index in [1.807, 2.05) is 18.2 Å². The molecule has 0 aromatic heterocycles. The van der Waals surface area contributed by atoms with Gasteiger partial charge in [-0.2, -0.15) is 0 Å². The molecule has 3 nitrogen and oxygen atoms in total. The molecule has 1 aliphatic carbocycles. The highest BCUT2D eigenvalue weighted by Crippen LogP contribution is 2.30. The molecule has 26 heavy (non-hydrogen) atoms. The van der Waals surface area contributed by atoms with Crippen LogP contribution < -0.4 is 0 Å². The van der Waals surface area contributed by atoms with Crippen molar-refractivity contribution in [3.8, 4) is 11.1 Å². The largest absolute Gasteiger partial charge is 0.345 e. The molecule has 0 radical (unpaired) electrons. The minimum absolute atomic E-state index is 0.0539. The molecular formula is C23H28N2O. The maximum atomic E-state index is 12.2.